The number of fused-ring (bicyclic) bond motifs is 1. The Kier molecular flexibility index (Phi) is 6.02. The second-order valence-corrected chi connectivity index (χ2v) is 8.76. The van der Waals surface area contributed by atoms with E-state index in [0.29, 0.717) is 11.8 Å². The Labute approximate surface area is 179 Å². The van der Waals surface area contributed by atoms with Crippen LogP contribution in [0.25, 0.3) is 0 Å². The first kappa shape index (κ1) is 21.1. The van der Waals surface area contributed by atoms with Crippen LogP contribution >= 0.6 is 0 Å². The molecule has 1 aromatic carbocycles. The van der Waals surface area contributed by atoms with Crippen molar-refractivity contribution in [1.82, 2.24) is 20.0 Å². The van der Waals surface area contributed by atoms with Gasteiger partial charge in [0.05, 0.1) is 13.3 Å². The lowest BCUT2D eigenvalue weighted by Crippen LogP contribution is -2.64. The highest BCUT2D eigenvalue weighted by molar-refractivity contribution is 5.51. The minimum Gasteiger partial charge on any atom is -0.497 e. The third kappa shape index (κ3) is 3.69. The molecule has 0 amide bonds. The quantitative estimate of drug-likeness (QED) is 0.668. The smallest absolute Gasteiger partial charge is 0.160 e. The first-order valence-corrected chi connectivity index (χ1v) is 10.9. The van der Waals surface area contributed by atoms with Gasteiger partial charge in [0.1, 0.15) is 17.9 Å². The molecule has 4 atom stereocenters. The number of rotatable bonds is 6. The van der Waals surface area contributed by atoms with Crippen molar-refractivity contribution in [3.05, 3.63) is 41.6 Å². The fraction of sp³-hybridized carbons (Fsp3) is 0.591. The van der Waals surface area contributed by atoms with Gasteiger partial charge in [-0.15, -0.1) is 0 Å². The van der Waals surface area contributed by atoms with Crippen molar-refractivity contribution < 1.29 is 4.74 Å². The van der Waals surface area contributed by atoms with E-state index >= 15 is 0 Å². The first-order chi connectivity index (χ1) is 14.4. The highest BCUT2D eigenvalue weighted by atomic mass is 16.5. The number of ether oxygens (including phenoxy) is 1. The molecule has 8 heteroatoms. The van der Waals surface area contributed by atoms with Crippen LogP contribution in [0.15, 0.2) is 30.5 Å². The van der Waals surface area contributed by atoms with E-state index in [9.17, 15) is 0 Å². The molecule has 5 N–H and O–H groups in total. The molecule has 3 heterocycles. The van der Waals surface area contributed by atoms with Crippen LogP contribution in [0.3, 0.4) is 0 Å². The molecular formula is C22H35N7O. The molecular weight excluding hydrogens is 378 g/mol. The van der Waals surface area contributed by atoms with Crippen LogP contribution in [-0.4, -0.2) is 47.7 Å². The number of nitrogens with one attached hydrogen (secondary N) is 1. The minimum atomic E-state index is -0.443. The summed E-state index contributed by atoms with van der Waals surface area (Å²) in [6.07, 6.45) is 2.32. The van der Waals surface area contributed by atoms with E-state index < -0.39 is 6.29 Å². The molecule has 0 radical (unpaired) electrons. The minimum absolute atomic E-state index is 0.00541. The lowest BCUT2D eigenvalue weighted by molar-refractivity contribution is 0.0215. The Morgan fingerprint density at radius 2 is 2.03 bits per heavy atom. The van der Waals surface area contributed by atoms with Gasteiger partial charge in [-0.2, -0.15) is 5.10 Å². The molecule has 4 rings (SSSR count). The number of nitrogens with two attached hydrogens (primary N) is 2. The maximum absolute atomic E-state index is 6.92. The number of methoxy groups -OCH3 is 1. The third-order valence-electron chi connectivity index (χ3n) is 6.51. The zero-order valence-corrected chi connectivity index (χ0v) is 18.5. The van der Waals surface area contributed by atoms with Crippen LogP contribution in [0, 0.1) is 5.92 Å². The van der Waals surface area contributed by atoms with Gasteiger partial charge < -0.3 is 15.0 Å². The van der Waals surface area contributed by atoms with E-state index in [0.717, 1.165) is 43.2 Å². The van der Waals surface area contributed by atoms with Gasteiger partial charge in [0.25, 0.3) is 0 Å². The molecule has 2 aliphatic heterocycles. The highest BCUT2D eigenvalue weighted by Crippen LogP contribution is 2.39. The van der Waals surface area contributed by atoms with Crippen LogP contribution < -0.4 is 26.4 Å². The lowest BCUT2D eigenvalue weighted by Gasteiger charge is -2.49. The molecule has 2 aromatic rings. The second kappa shape index (κ2) is 8.55. The summed E-state index contributed by atoms with van der Waals surface area (Å²) in [5, 5.41) is 8.16. The molecule has 164 valence electrons. The zero-order valence-electron chi connectivity index (χ0n) is 18.5. The Morgan fingerprint density at radius 3 is 2.70 bits per heavy atom. The fourth-order valence-corrected chi connectivity index (χ4v) is 4.71. The molecule has 8 nitrogen and oxygen atoms in total. The van der Waals surface area contributed by atoms with Gasteiger partial charge in [-0.05, 0) is 56.0 Å². The summed E-state index contributed by atoms with van der Waals surface area (Å²) in [6, 6.07) is 8.09. The fourth-order valence-electron chi connectivity index (χ4n) is 4.71. The zero-order chi connectivity index (χ0) is 21.4. The number of hydrogen-bond donors (Lipinski definition) is 3. The Balaban J connectivity index is 1.72. The average molecular weight is 414 g/mol. The Hall–Kier alpha value is -2.13. The first-order valence-electron chi connectivity index (χ1n) is 10.9. The molecule has 1 aromatic heterocycles. The van der Waals surface area contributed by atoms with Crippen molar-refractivity contribution in [2.45, 2.75) is 51.7 Å². The van der Waals surface area contributed by atoms with Crippen molar-refractivity contribution in [1.29, 1.82) is 0 Å². The van der Waals surface area contributed by atoms with Crippen LogP contribution in [0.2, 0.25) is 0 Å². The SMILES string of the molecule is COc1cccc([C@H](C)N2C(N)N(CC3CCNC3)c3c(C(C)C)cnn3C2N)c1. The molecule has 0 spiro atoms. The van der Waals surface area contributed by atoms with Crippen LogP contribution in [0.4, 0.5) is 5.82 Å². The van der Waals surface area contributed by atoms with Gasteiger partial charge in [-0.1, -0.05) is 26.0 Å². The van der Waals surface area contributed by atoms with Crippen molar-refractivity contribution >= 4 is 5.82 Å². The van der Waals surface area contributed by atoms with E-state index in [2.05, 4.69) is 42.0 Å². The molecule has 1 saturated heterocycles. The number of hydrogen-bond acceptors (Lipinski definition) is 7. The summed E-state index contributed by atoms with van der Waals surface area (Å²) in [4.78, 5) is 4.45. The normalized spacial score (nSPS) is 25.6. The summed E-state index contributed by atoms with van der Waals surface area (Å²) < 4.78 is 7.37. The van der Waals surface area contributed by atoms with E-state index in [1.807, 2.05) is 29.1 Å². The van der Waals surface area contributed by atoms with Crippen molar-refractivity contribution in [3.8, 4) is 5.75 Å². The maximum atomic E-state index is 6.92. The molecule has 0 saturated carbocycles. The Morgan fingerprint density at radius 1 is 1.23 bits per heavy atom. The van der Waals surface area contributed by atoms with Gasteiger partial charge in [0, 0.05) is 18.2 Å². The maximum Gasteiger partial charge on any atom is 0.160 e. The number of anilines is 1. The van der Waals surface area contributed by atoms with Crippen LogP contribution in [0.1, 0.15) is 56.6 Å². The number of aromatic nitrogens is 2. The molecule has 0 bridgehead atoms. The van der Waals surface area contributed by atoms with E-state index in [-0.39, 0.29) is 12.3 Å². The number of benzene rings is 1. The van der Waals surface area contributed by atoms with Gasteiger partial charge in [0.2, 0.25) is 0 Å². The monoisotopic (exact) mass is 413 g/mol. The molecule has 1 fully saturated rings. The summed E-state index contributed by atoms with van der Waals surface area (Å²) in [6.45, 7) is 9.49. The molecule has 3 unspecified atom stereocenters. The van der Waals surface area contributed by atoms with Crippen molar-refractivity contribution in [2.24, 2.45) is 17.4 Å². The summed E-state index contributed by atoms with van der Waals surface area (Å²) in [5.74, 6) is 2.79. The topological polar surface area (TPSA) is 97.6 Å². The summed E-state index contributed by atoms with van der Waals surface area (Å²) in [5.41, 5.74) is 16.0. The number of nitrogens with zero attached hydrogens (tertiary/aromatic N) is 4. The van der Waals surface area contributed by atoms with Gasteiger partial charge >= 0.3 is 0 Å². The predicted molar refractivity (Wildman–Crippen MR) is 119 cm³/mol. The molecule has 30 heavy (non-hydrogen) atoms. The lowest BCUT2D eigenvalue weighted by atomic mass is 10.0. The second-order valence-electron chi connectivity index (χ2n) is 8.76. The standard InChI is InChI=1S/C22H35N7O/c1-14(2)19-12-26-29-20(19)27(13-16-8-9-25-11-16)21(23)28(22(29)24)15(3)17-6-5-7-18(10-17)30-4/h5-7,10,12,14-16,21-22,25H,8-9,11,13,23-24H2,1-4H3/t15-,16?,21?,22?/m0/s1. The molecule has 0 aliphatic carbocycles. The third-order valence-corrected chi connectivity index (χ3v) is 6.51. The van der Waals surface area contributed by atoms with Crippen LogP contribution in [-0.2, 0) is 0 Å². The predicted octanol–water partition coefficient (Wildman–Crippen LogP) is 2.16. The van der Waals surface area contributed by atoms with E-state index in [4.69, 9.17) is 21.3 Å². The average Bonchev–Trinajstić information content (AvgIpc) is 3.41. The summed E-state index contributed by atoms with van der Waals surface area (Å²) >= 11 is 0. The Bertz CT molecular complexity index is 861. The summed E-state index contributed by atoms with van der Waals surface area (Å²) in [7, 11) is 1.68. The van der Waals surface area contributed by atoms with Gasteiger partial charge in [-0.3, -0.25) is 11.5 Å². The highest BCUT2D eigenvalue weighted by Gasteiger charge is 2.41. The molecule has 2 aliphatic rings. The van der Waals surface area contributed by atoms with Gasteiger partial charge in [0.15, 0.2) is 6.29 Å². The largest absolute Gasteiger partial charge is 0.497 e. The van der Waals surface area contributed by atoms with Crippen molar-refractivity contribution in [3.63, 3.8) is 0 Å². The van der Waals surface area contributed by atoms with Gasteiger partial charge in [-0.25, -0.2) is 9.58 Å². The van der Waals surface area contributed by atoms with E-state index in [1.165, 1.54) is 5.56 Å². The van der Waals surface area contributed by atoms with Crippen molar-refractivity contribution in [2.75, 3.05) is 31.6 Å². The van der Waals surface area contributed by atoms with E-state index in [1.54, 1.807) is 7.11 Å². The van der Waals surface area contributed by atoms with Crippen LogP contribution in [0.5, 0.6) is 5.75 Å².